The van der Waals surface area contributed by atoms with E-state index in [0.717, 1.165) is 5.75 Å². The van der Waals surface area contributed by atoms with E-state index >= 15 is 0 Å². The van der Waals surface area contributed by atoms with E-state index in [0.29, 0.717) is 11.5 Å². The van der Waals surface area contributed by atoms with Crippen molar-refractivity contribution in [3.8, 4) is 17.2 Å². The molecule has 2 aromatic rings. The molecule has 0 spiro atoms. The van der Waals surface area contributed by atoms with Crippen LogP contribution in [0.3, 0.4) is 0 Å². The molecule has 2 aromatic carbocycles. The van der Waals surface area contributed by atoms with E-state index in [9.17, 15) is 4.79 Å². The van der Waals surface area contributed by atoms with Gasteiger partial charge in [-0.2, -0.15) is 0 Å². The van der Waals surface area contributed by atoms with Gasteiger partial charge in [-0.05, 0) is 31.2 Å². The number of carbonyl (C=O) groups is 1. The van der Waals surface area contributed by atoms with Gasteiger partial charge in [-0.3, -0.25) is 9.79 Å². The zero-order valence-corrected chi connectivity index (χ0v) is 13.0. The highest BCUT2D eigenvalue weighted by molar-refractivity contribution is 6.18. The number of hydrogen-bond acceptors (Lipinski definition) is 4. The number of amides is 1. The Hall–Kier alpha value is -3.08. The molecule has 0 atom stereocenters. The van der Waals surface area contributed by atoms with Crippen LogP contribution in [0, 0.1) is 0 Å². The van der Waals surface area contributed by atoms with Gasteiger partial charge in [0, 0.05) is 13.1 Å². The lowest BCUT2D eigenvalue weighted by molar-refractivity contribution is -0.114. The lowest BCUT2D eigenvalue weighted by Gasteiger charge is -2.11. The summed E-state index contributed by atoms with van der Waals surface area (Å²) in [5, 5.41) is 0. The van der Waals surface area contributed by atoms with Crippen LogP contribution in [0.1, 0.15) is 6.92 Å². The molecule has 0 radical (unpaired) electrons. The van der Waals surface area contributed by atoms with E-state index < -0.39 is 5.91 Å². The fourth-order valence-electron chi connectivity index (χ4n) is 1.93. The van der Waals surface area contributed by atoms with Crippen molar-refractivity contribution in [2.75, 3.05) is 7.05 Å². The van der Waals surface area contributed by atoms with Gasteiger partial charge in [0.2, 0.25) is 5.90 Å². The summed E-state index contributed by atoms with van der Waals surface area (Å²) in [7, 11) is 1.53. The van der Waals surface area contributed by atoms with Crippen LogP contribution in [0.25, 0.3) is 0 Å². The molecule has 2 rings (SSSR count). The Morgan fingerprint density at radius 2 is 1.70 bits per heavy atom. The van der Waals surface area contributed by atoms with Gasteiger partial charge in [0.1, 0.15) is 17.2 Å². The minimum atomic E-state index is -0.593. The SMILES string of the molecule is C/C=C(C(N)=O)\C(=N/C)Oc1cccc(Oc2ccccc2)c1. The third kappa shape index (κ3) is 4.44. The highest BCUT2D eigenvalue weighted by atomic mass is 16.5. The molecule has 0 aliphatic heterocycles. The van der Waals surface area contributed by atoms with Crippen molar-refractivity contribution in [1.82, 2.24) is 0 Å². The van der Waals surface area contributed by atoms with Crippen LogP contribution < -0.4 is 15.2 Å². The summed E-state index contributed by atoms with van der Waals surface area (Å²) in [4.78, 5) is 15.4. The summed E-state index contributed by atoms with van der Waals surface area (Å²) in [6, 6.07) is 16.5. The van der Waals surface area contributed by atoms with Gasteiger partial charge in [-0.1, -0.05) is 30.3 Å². The number of allylic oxidation sites excluding steroid dienone is 1. The Bertz CT molecular complexity index is 737. The van der Waals surface area contributed by atoms with Crippen molar-refractivity contribution in [3.05, 3.63) is 66.2 Å². The first kappa shape index (κ1) is 16.3. The van der Waals surface area contributed by atoms with Gasteiger partial charge in [0.15, 0.2) is 0 Å². The van der Waals surface area contributed by atoms with Crippen LogP contribution in [0.15, 0.2) is 71.2 Å². The first-order valence-electron chi connectivity index (χ1n) is 7.08. The number of benzene rings is 2. The minimum Gasteiger partial charge on any atom is -0.457 e. The van der Waals surface area contributed by atoms with Crippen LogP contribution in [0.4, 0.5) is 0 Å². The molecule has 0 heterocycles. The molecule has 23 heavy (non-hydrogen) atoms. The van der Waals surface area contributed by atoms with Crippen LogP contribution in [-0.2, 0) is 4.79 Å². The van der Waals surface area contributed by atoms with Crippen LogP contribution in [0.5, 0.6) is 17.2 Å². The second-order valence-corrected chi connectivity index (χ2v) is 4.59. The molecule has 1 amide bonds. The molecule has 0 bridgehead atoms. The molecule has 0 saturated heterocycles. The summed E-state index contributed by atoms with van der Waals surface area (Å²) in [5.74, 6) is 1.41. The summed E-state index contributed by atoms with van der Waals surface area (Å²) < 4.78 is 11.4. The average molecular weight is 310 g/mol. The fraction of sp³-hybridized carbons (Fsp3) is 0.111. The lowest BCUT2D eigenvalue weighted by atomic mass is 10.2. The number of rotatable bonds is 5. The Morgan fingerprint density at radius 1 is 1.04 bits per heavy atom. The van der Waals surface area contributed by atoms with Gasteiger partial charge in [0.25, 0.3) is 5.91 Å². The molecule has 0 saturated carbocycles. The van der Waals surface area contributed by atoms with E-state index in [1.54, 1.807) is 31.2 Å². The average Bonchev–Trinajstić information content (AvgIpc) is 2.55. The highest BCUT2D eigenvalue weighted by Gasteiger charge is 2.14. The van der Waals surface area contributed by atoms with E-state index in [2.05, 4.69) is 4.99 Å². The minimum absolute atomic E-state index is 0.164. The number of nitrogens with two attached hydrogens (primary N) is 1. The molecule has 0 aliphatic rings. The lowest BCUT2D eigenvalue weighted by Crippen LogP contribution is -2.24. The monoisotopic (exact) mass is 310 g/mol. The molecule has 0 aromatic heterocycles. The second kappa shape index (κ2) is 7.79. The predicted octanol–water partition coefficient (Wildman–Crippen LogP) is 3.32. The molecule has 0 fully saturated rings. The summed E-state index contributed by atoms with van der Waals surface area (Å²) in [6.07, 6.45) is 1.56. The topological polar surface area (TPSA) is 73.9 Å². The highest BCUT2D eigenvalue weighted by Crippen LogP contribution is 2.25. The quantitative estimate of drug-likeness (QED) is 0.523. The standard InChI is InChI=1S/C18H18N2O3/c1-3-16(17(19)21)18(20-2)23-15-11-7-10-14(12-15)22-13-8-5-4-6-9-13/h3-12H,1-2H3,(H2,19,21)/b16-3-,20-18+. The fourth-order valence-corrected chi connectivity index (χ4v) is 1.93. The third-order valence-electron chi connectivity index (χ3n) is 2.99. The maximum atomic E-state index is 11.4. The normalized spacial score (nSPS) is 11.9. The van der Waals surface area contributed by atoms with Gasteiger partial charge < -0.3 is 15.2 Å². The zero-order valence-electron chi connectivity index (χ0n) is 13.0. The first-order chi connectivity index (χ1) is 11.1. The van der Waals surface area contributed by atoms with E-state index in [1.807, 2.05) is 36.4 Å². The summed E-state index contributed by atoms with van der Waals surface area (Å²) in [5.41, 5.74) is 5.54. The van der Waals surface area contributed by atoms with E-state index in [1.165, 1.54) is 7.05 Å². The van der Waals surface area contributed by atoms with Crippen molar-refractivity contribution in [2.24, 2.45) is 10.7 Å². The first-order valence-corrected chi connectivity index (χ1v) is 7.08. The molecule has 0 unspecified atom stereocenters. The number of ether oxygens (including phenoxy) is 2. The molecule has 5 nitrogen and oxygen atoms in total. The second-order valence-electron chi connectivity index (χ2n) is 4.59. The smallest absolute Gasteiger partial charge is 0.253 e. The van der Waals surface area contributed by atoms with Gasteiger partial charge in [0.05, 0.1) is 5.57 Å². The van der Waals surface area contributed by atoms with E-state index in [4.69, 9.17) is 15.2 Å². The maximum Gasteiger partial charge on any atom is 0.253 e. The zero-order chi connectivity index (χ0) is 16.7. The van der Waals surface area contributed by atoms with Crippen LogP contribution in [-0.4, -0.2) is 18.9 Å². The number of aliphatic imine (C=N–C) groups is 1. The van der Waals surface area contributed by atoms with Crippen LogP contribution in [0.2, 0.25) is 0 Å². The molecule has 2 N–H and O–H groups in total. The van der Waals surface area contributed by atoms with Gasteiger partial charge >= 0.3 is 0 Å². The number of hydrogen-bond donors (Lipinski definition) is 1. The summed E-state index contributed by atoms with van der Waals surface area (Å²) in [6.45, 7) is 1.70. The number of primary amides is 1. The molecule has 5 heteroatoms. The molecule has 118 valence electrons. The summed E-state index contributed by atoms with van der Waals surface area (Å²) >= 11 is 0. The Morgan fingerprint density at radius 3 is 2.30 bits per heavy atom. The van der Waals surface area contributed by atoms with Crippen molar-refractivity contribution >= 4 is 11.8 Å². The Labute approximate surface area is 135 Å². The number of nitrogens with zero attached hydrogens (tertiary/aromatic N) is 1. The van der Waals surface area contributed by atoms with Crippen LogP contribution >= 0.6 is 0 Å². The molecular weight excluding hydrogens is 292 g/mol. The third-order valence-corrected chi connectivity index (χ3v) is 2.99. The number of para-hydroxylation sites is 1. The predicted molar refractivity (Wildman–Crippen MR) is 89.9 cm³/mol. The van der Waals surface area contributed by atoms with Crippen molar-refractivity contribution in [3.63, 3.8) is 0 Å². The molecule has 0 aliphatic carbocycles. The van der Waals surface area contributed by atoms with Crippen molar-refractivity contribution < 1.29 is 14.3 Å². The van der Waals surface area contributed by atoms with Gasteiger partial charge in [-0.25, -0.2) is 0 Å². The van der Waals surface area contributed by atoms with Gasteiger partial charge in [-0.15, -0.1) is 0 Å². The van der Waals surface area contributed by atoms with Crippen molar-refractivity contribution in [1.29, 1.82) is 0 Å². The van der Waals surface area contributed by atoms with Crippen molar-refractivity contribution in [2.45, 2.75) is 6.92 Å². The maximum absolute atomic E-state index is 11.4. The Kier molecular flexibility index (Phi) is 5.52. The molecular formula is C18H18N2O3. The number of carbonyl (C=O) groups excluding carboxylic acids is 1. The largest absolute Gasteiger partial charge is 0.457 e. The van der Waals surface area contributed by atoms with E-state index in [-0.39, 0.29) is 11.5 Å². The Balaban J connectivity index is 2.18.